The minimum Gasteiger partial charge on any atom is -0.497 e. The predicted molar refractivity (Wildman–Crippen MR) is 61.0 cm³/mol. The summed E-state index contributed by atoms with van der Waals surface area (Å²) in [5.41, 5.74) is 6.57. The van der Waals surface area contributed by atoms with Crippen LogP contribution in [-0.2, 0) is 5.60 Å². The number of aryl methyl sites for hydroxylation is 1. The zero-order chi connectivity index (χ0) is 11.5. The van der Waals surface area contributed by atoms with E-state index >= 15 is 0 Å². The van der Waals surface area contributed by atoms with Gasteiger partial charge in [-0.15, -0.1) is 0 Å². The molecular weight excluding hydrogens is 190 g/mol. The molecule has 0 radical (unpaired) electrons. The maximum Gasteiger partial charge on any atom is 0.119 e. The van der Waals surface area contributed by atoms with E-state index in [1.807, 2.05) is 32.0 Å². The molecule has 84 valence electrons. The SMILES string of the molecule is CCC(O)(CN)c1ccc(OC)cc1C. The lowest BCUT2D eigenvalue weighted by molar-refractivity contribution is 0.0412. The molecule has 1 aromatic carbocycles. The van der Waals surface area contributed by atoms with Gasteiger partial charge in [0.15, 0.2) is 0 Å². The minimum absolute atomic E-state index is 0.233. The van der Waals surface area contributed by atoms with E-state index in [2.05, 4.69) is 0 Å². The Bertz CT molecular complexity index is 332. The lowest BCUT2D eigenvalue weighted by Crippen LogP contribution is -2.34. The highest BCUT2D eigenvalue weighted by Crippen LogP contribution is 2.29. The molecule has 0 saturated heterocycles. The summed E-state index contributed by atoms with van der Waals surface area (Å²) in [6.45, 7) is 4.11. The van der Waals surface area contributed by atoms with E-state index in [0.717, 1.165) is 16.9 Å². The molecule has 0 spiro atoms. The van der Waals surface area contributed by atoms with Crippen molar-refractivity contribution in [3.8, 4) is 5.75 Å². The van der Waals surface area contributed by atoms with Gasteiger partial charge in [-0.3, -0.25) is 0 Å². The topological polar surface area (TPSA) is 55.5 Å². The zero-order valence-corrected chi connectivity index (χ0v) is 9.58. The van der Waals surface area contributed by atoms with Crippen molar-refractivity contribution in [2.24, 2.45) is 5.73 Å². The van der Waals surface area contributed by atoms with E-state index in [-0.39, 0.29) is 6.54 Å². The molecule has 15 heavy (non-hydrogen) atoms. The summed E-state index contributed by atoms with van der Waals surface area (Å²) in [7, 11) is 1.63. The van der Waals surface area contributed by atoms with Crippen LogP contribution >= 0.6 is 0 Å². The molecule has 0 heterocycles. The van der Waals surface area contributed by atoms with Crippen LogP contribution in [0.2, 0.25) is 0 Å². The number of rotatable bonds is 4. The van der Waals surface area contributed by atoms with Crippen molar-refractivity contribution in [2.45, 2.75) is 25.9 Å². The maximum atomic E-state index is 10.3. The van der Waals surface area contributed by atoms with Crippen molar-refractivity contribution in [1.29, 1.82) is 0 Å². The van der Waals surface area contributed by atoms with Gasteiger partial charge in [0.1, 0.15) is 11.4 Å². The number of aliphatic hydroxyl groups is 1. The van der Waals surface area contributed by atoms with E-state index in [9.17, 15) is 5.11 Å². The van der Waals surface area contributed by atoms with Gasteiger partial charge in [-0.05, 0) is 36.6 Å². The van der Waals surface area contributed by atoms with Crippen LogP contribution < -0.4 is 10.5 Å². The fourth-order valence-corrected chi connectivity index (χ4v) is 1.73. The number of benzene rings is 1. The molecular formula is C12H19NO2. The Labute approximate surface area is 90.9 Å². The lowest BCUT2D eigenvalue weighted by atomic mass is 9.88. The molecule has 0 saturated carbocycles. The van der Waals surface area contributed by atoms with Crippen molar-refractivity contribution < 1.29 is 9.84 Å². The molecule has 0 aliphatic rings. The molecule has 3 heteroatoms. The first-order valence-electron chi connectivity index (χ1n) is 5.15. The fourth-order valence-electron chi connectivity index (χ4n) is 1.73. The zero-order valence-electron chi connectivity index (χ0n) is 9.58. The summed E-state index contributed by atoms with van der Waals surface area (Å²) in [6, 6.07) is 5.63. The molecule has 0 aliphatic carbocycles. The normalized spacial score (nSPS) is 14.7. The third-order valence-electron chi connectivity index (χ3n) is 2.86. The quantitative estimate of drug-likeness (QED) is 0.791. The molecule has 1 atom stereocenters. The highest BCUT2D eigenvalue weighted by molar-refractivity contribution is 5.38. The van der Waals surface area contributed by atoms with E-state index in [1.165, 1.54) is 0 Å². The lowest BCUT2D eigenvalue weighted by Gasteiger charge is -2.27. The predicted octanol–water partition coefficient (Wildman–Crippen LogP) is 1.56. The van der Waals surface area contributed by atoms with Crippen LogP contribution in [0.25, 0.3) is 0 Å². The first-order chi connectivity index (χ1) is 7.07. The first kappa shape index (κ1) is 12.0. The van der Waals surface area contributed by atoms with Gasteiger partial charge in [-0.1, -0.05) is 13.0 Å². The van der Waals surface area contributed by atoms with Crippen LogP contribution in [0.4, 0.5) is 0 Å². The number of hydrogen-bond acceptors (Lipinski definition) is 3. The van der Waals surface area contributed by atoms with Gasteiger partial charge >= 0.3 is 0 Å². The van der Waals surface area contributed by atoms with E-state index in [0.29, 0.717) is 6.42 Å². The average molecular weight is 209 g/mol. The Morgan fingerprint density at radius 1 is 1.47 bits per heavy atom. The van der Waals surface area contributed by atoms with E-state index in [1.54, 1.807) is 7.11 Å². The molecule has 0 fully saturated rings. The Morgan fingerprint density at radius 3 is 2.53 bits per heavy atom. The number of nitrogens with two attached hydrogens (primary N) is 1. The van der Waals surface area contributed by atoms with Crippen LogP contribution in [0.5, 0.6) is 5.75 Å². The number of hydrogen-bond donors (Lipinski definition) is 2. The van der Waals surface area contributed by atoms with Crippen molar-refractivity contribution in [3.63, 3.8) is 0 Å². The van der Waals surface area contributed by atoms with Crippen molar-refractivity contribution >= 4 is 0 Å². The van der Waals surface area contributed by atoms with Gasteiger partial charge in [0.05, 0.1) is 7.11 Å². The third-order valence-corrected chi connectivity index (χ3v) is 2.86. The summed E-state index contributed by atoms with van der Waals surface area (Å²) in [4.78, 5) is 0. The molecule has 3 nitrogen and oxygen atoms in total. The van der Waals surface area contributed by atoms with Crippen LogP contribution in [0.3, 0.4) is 0 Å². The van der Waals surface area contributed by atoms with Crippen molar-refractivity contribution in [2.75, 3.05) is 13.7 Å². The number of methoxy groups -OCH3 is 1. The van der Waals surface area contributed by atoms with Crippen LogP contribution in [0.1, 0.15) is 24.5 Å². The van der Waals surface area contributed by atoms with Crippen LogP contribution in [-0.4, -0.2) is 18.8 Å². The van der Waals surface area contributed by atoms with Gasteiger partial charge in [0.25, 0.3) is 0 Å². The second-order valence-corrected chi connectivity index (χ2v) is 3.77. The molecule has 0 aromatic heterocycles. The largest absolute Gasteiger partial charge is 0.497 e. The second-order valence-electron chi connectivity index (χ2n) is 3.77. The summed E-state index contributed by atoms with van der Waals surface area (Å²) in [5.74, 6) is 0.798. The molecule has 0 aliphatic heterocycles. The first-order valence-corrected chi connectivity index (χ1v) is 5.15. The van der Waals surface area contributed by atoms with Gasteiger partial charge < -0.3 is 15.6 Å². The monoisotopic (exact) mass is 209 g/mol. The summed E-state index contributed by atoms with van der Waals surface area (Å²) in [6.07, 6.45) is 0.608. The highest BCUT2D eigenvalue weighted by atomic mass is 16.5. The Balaban J connectivity index is 3.14. The van der Waals surface area contributed by atoms with E-state index in [4.69, 9.17) is 10.5 Å². The van der Waals surface area contributed by atoms with Gasteiger partial charge in [-0.2, -0.15) is 0 Å². The van der Waals surface area contributed by atoms with Crippen molar-refractivity contribution in [3.05, 3.63) is 29.3 Å². The van der Waals surface area contributed by atoms with Gasteiger partial charge in [0.2, 0.25) is 0 Å². The van der Waals surface area contributed by atoms with Gasteiger partial charge in [-0.25, -0.2) is 0 Å². The second kappa shape index (κ2) is 4.64. The van der Waals surface area contributed by atoms with Crippen molar-refractivity contribution in [1.82, 2.24) is 0 Å². The highest BCUT2D eigenvalue weighted by Gasteiger charge is 2.26. The Kier molecular flexibility index (Phi) is 3.72. The van der Waals surface area contributed by atoms with Crippen LogP contribution in [0, 0.1) is 6.92 Å². The molecule has 0 amide bonds. The summed E-state index contributed by atoms with van der Waals surface area (Å²) in [5, 5.41) is 10.3. The average Bonchev–Trinajstić information content (AvgIpc) is 2.27. The smallest absolute Gasteiger partial charge is 0.119 e. The standard InChI is InChI=1S/C12H19NO2/c1-4-12(14,8-13)11-6-5-10(15-3)7-9(11)2/h5-7,14H,4,8,13H2,1-3H3. The summed E-state index contributed by atoms with van der Waals surface area (Å²) < 4.78 is 5.12. The molecule has 1 aromatic rings. The summed E-state index contributed by atoms with van der Waals surface area (Å²) >= 11 is 0. The fraction of sp³-hybridized carbons (Fsp3) is 0.500. The molecule has 3 N–H and O–H groups in total. The molecule has 0 bridgehead atoms. The molecule has 1 unspecified atom stereocenters. The van der Waals surface area contributed by atoms with Crippen LogP contribution in [0.15, 0.2) is 18.2 Å². The Morgan fingerprint density at radius 2 is 2.13 bits per heavy atom. The maximum absolute atomic E-state index is 10.3. The van der Waals surface area contributed by atoms with E-state index < -0.39 is 5.60 Å². The minimum atomic E-state index is -0.920. The number of ether oxygens (including phenoxy) is 1. The third kappa shape index (κ3) is 2.30. The molecule has 1 rings (SSSR count). The Hall–Kier alpha value is -1.06. The van der Waals surface area contributed by atoms with Gasteiger partial charge in [0, 0.05) is 6.54 Å².